The Morgan fingerprint density at radius 1 is 0.905 bits per heavy atom. The third-order valence-corrected chi connectivity index (χ3v) is 3.64. The molecule has 0 spiro atoms. The minimum atomic E-state index is 0.788. The normalized spacial score (nSPS) is 16.5. The lowest BCUT2D eigenvalue weighted by Crippen LogP contribution is -2.32. The summed E-state index contributed by atoms with van der Waals surface area (Å²) in [6, 6.07) is 20.8. The van der Waals surface area contributed by atoms with Crippen LogP contribution in [0.4, 0.5) is 5.69 Å². The minimum absolute atomic E-state index is 0.788. The first-order chi connectivity index (χ1) is 10.4. The Labute approximate surface area is 126 Å². The molecular formula is C18H21N3. The van der Waals surface area contributed by atoms with E-state index in [1.807, 2.05) is 12.1 Å². The van der Waals surface area contributed by atoms with Gasteiger partial charge in [-0.15, -0.1) is 0 Å². The Hall–Kier alpha value is -2.29. The Kier molecular flexibility index (Phi) is 4.52. The number of hydrazone groups is 1. The first-order valence-corrected chi connectivity index (χ1v) is 7.60. The Morgan fingerprint density at radius 3 is 2.29 bits per heavy atom. The lowest BCUT2D eigenvalue weighted by Gasteiger charge is -2.23. The van der Waals surface area contributed by atoms with Gasteiger partial charge in [0.05, 0.1) is 12.2 Å². The van der Waals surface area contributed by atoms with E-state index in [2.05, 4.69) is 58.9 Å². The van der Waals surface area contributed by atoms with E-state index < -0.39 is 0 Å². The molecule has 1 fully saturated rings. The van der Waals surface area contributed by atoms with Gasteiger partial charge in [-0.3, -0.25) is 5.01 Å². The zero-order valence-corrected chi connectivity index (χ0v) is 12.2. The Bertz CT molecular complexity index is 570. The average molecular weight is 279 g/mol. The second-order valence-corrected chi connectivity index (χ2v) is 5.31. The van der Waals surface area contributed by atoms with Gasteiger partial charge in [-0.05, 0) is 30.5 Å². The molecule has 3 nitrogen and oxygen atoms in total. The fourth-order valence-corrected chi connectivity index (χ4v) is 2.51. The van der Waals surface area contributed by atoms with Crippen molar-refractivity contribution < 1.29 is 0 Å². The molecule has 3 rings (SSSR count). The first kappa shape index (κ1) is 13.7. The van der Waals surface area contributed by atoms with Crippen LogP contribution in [0.2, 0.25) is 0 Å². The van der Waals surface area contributed by atoms with Crippen molar-refractivity contribution in [3.8, 4) is 0 Å². The third-order valence-electron chi connectivity index (χ3n) is 3.64. The molecule has 0 aliphatic carbocycles. The summed E-state index contributed by atoms with van der Waals surface area (Å²) in [6.07, 6.45) is 3.50. The van der Waals surface area contributed by atoms with E-state index in [4.69, 9.17) is 5.10 Å². The highest BCUT2D eigenvalue weighted by Crippen LogP contribution is 2.18. The van der Waals surface area contributed by atoms with E-state index in [0.29, 0.717) is 0 Å². The topological polar surface area (TPSA) is 27.6 Å². The maximum atomic E-state index is 4.84. The van der Waals surface area contributed by atoms with Crippen LogP contribution in [0.1, 0.15) is 24.8 Å². The fourth-order valence-electron chi connectivity index (χ4n) is 2.51. The maximum absolute atomic E-state index is 4.84. The molecule has 2 aromatic rings. The number of hydrogen-bond donors (Lipinski definition) is 1. The highest BCUT2D eigenvalue weighted by Gasteiger charge is 2.10. The van der Waals surface area contributed by atoms with Crippen molar-refractivity contribution in [2.75, 3.05) is 11.6 Å². The highest BCUT2D eigenvalue weighted by molar-refractivity contribution is 5.83. The number of para-hydroxylation sites is 1. The number of hydrogen-bond acceptors (Lipinski definition) is 2. The maximum Gasteiger partial charge on any atom is 0.122 e. The first-order valence-electron chi connectivity index (χ1n) is 7.60. The van der Waals surface area contributed by atoms with Crippen molar-refractivity contribution in [2.45, 2.75) is 25.8 Å². The molecule has 0 saturated carbocycles. The van der Waals surface area contributed by atoms with Crippen LogP contribution >= 0.6 is 0 Å². The predicted octanol–water partition coefficient (Wildman–Crippen LogP) is 3.78. The van der Waals surface area contributed by atoms with Crippen LogP contribution in [0.15, 0.2) is 65.8 Å². The summed E-state index contributed by atoms with van der Waals surface area (Å²) in [7, 11) is 0. The van der Waals surface area contributed by atoms with Crippen LogP contribution < -0.4 is 10.3 Å². The van der Waals surface area contributed by atoms with Crippen molar-refractivity contribution in [1.82, 2.24) is 5.32 Å². The second kappa shape index (κ2) is 6.93. The van der Waals surface area contributed by atoms with Gasteiger partial charge in [0.1, 0.15) is 5.84 Å². The predicted molar refractivity (Wildman–Crippen MR) is 88.4 cm³/mol. The lowest BCUT2D eigenvalue weighted by atomic mass is 10.1. The molecule has 108 valence electrons. The molecule has 21 heavy (non-hydrogen) atoms. The Balaban J connectivity index is 1.84. The van der Waals surface area contributed by atoms with E-state index >= 15 is 0 Å². The van der Waals surface area contributed by atoms with Gasteiger partial charge in [0, 0.05) is 13.0 Å². The smallest absolute Gasteiger partial charge is 0.122 e. The summed E-state index contributed by atoms with van der Waals surface area (Å²) in [5.74, 6) is 1.10. The molecular weight excluding hydrogens is 258 g/mol. The van der Waals surface area contributed by atoms with Crippen molar-refractivity contribution in [3.63, 3.8) is 0 Å². The number of anilines is 1. The standard InChI is InChI=1S/C18H21N3/c1-3-9-16(10-4-1)15-21(17-11-5-2-6-12-17)20-18-13-7-8-14-19-18/h1-6,9-12H,7-8,13-15H2,(H,19,20). The third kappa shape index (κ3) is 3.85. The number of nitrogens with one attached hydrogen (secondary N) is 1. The Morgan fingerprint density at radius 2 is 1.62 bits per heavy atom. The molecule has 0 atom stereocenters. The quantitative estimate of drug-likeness (QED) is 0.862. The molecule has 0 unspecified atom stereocenters. The summed E-state index contributed by atoms with van der Waals surface area (Å²) < 4.78 is 0. The van der Waals surface area contributed by atoms with E-state index in [1.54, 1.807) is 0 Å². The molecule has 0 aromatic heterocycles. The fraction of sp³-hybridized carbons (Fsp3) is 0.278. The SMILES string of the molecule is c1ccc(CN(N=C2CCCCN2)c2ccccc2)cc1. The summed E-state index contributed by atoms with van der Waals surface area (Å²) in [6.45, 7) is 1.82. The van der Waals surface area contributed by atoms with Crippen LogP contribution in [0.5, 0.6) is 0 Å². The van der Waals surface area contributed by atoms with Gasteiger partial charge in [-0.1, -0.05) is 48.5 Å². The van der Waals surface area contributed by atoms with Crippen LogP contribution in [-0.2, 0) is 6.54 Å². The molecule has 3 heteroatoms. The lowest BCUT2D eigenvalue weighted by molar-refractivity contribution is 0.660. The molecule has 0 bridgehead atoms. The van der Waals surface area contributed by atoms with E-state index in [1.165, 1.54) is 18.4 Å². The largest absolute Gasteiger partial charge is 0.372 e. The van der Waals surface area contributed by atoms with Gasteiger partial charge < -0.3 is 5.32 Å². The molecule has 1 aliphatic rings. The van der Waals surface area contributed by atoms with Crippen molar-refractivity contribution in [3.05, 3.63) is 66.2 Å². The average Bonchev–Trinajstić information content (AvgIpc) is 2.57. The zero-order chi connectivity index (χ0) is 14.3. The van der Waals surface area contributed by atoms with Crippen molar-refractivity contribution in [2.24, 2.45) is 5.10 Å². The zero-order valence-electron chi connectivity index (χ0n) is 12.2. The summed E-state index contributed by atoms with van der Waals surface area (Å²) in [4.78, 5) is 0. The van der Waals surface area contributed by atoms with Crippen LogP contribution in [0.25, 0.3) is 0 Å². The number of amidine groups is 1. The van der Waals surface area contributed by atoms with Gasteiger partial charge in [-0.2, -0.15) is 5.10 Å². The number of piperidine rings is 1. The van der Waals surface area contributed by atoms with Gasteiger partial charge in [0.2, 0.25) is 0 Å². The summed E-state index contributed by atoms with van der Waals surface area (Å²) in [5, 5.41) is 10.3. The van der Waals surface area contributed by atoms with Crippen molar-refractivity contribution >= 4 is 11.5 Å². The van der Waals surface area contributed by atoms with Gasteiger partial charge in [0.15, 0.2) is 0 Å². The molecule has 0 amide bonds. The van der Waals surface area contributed by atoms with E-state index in [0.717, 1.165) is 31.0 Å². The van der Waals surface area contributed by atoms with Crippen molar-refractivity contribution in [1.29, 1.82) is 0 Å². The van der Waals surface area contributed by atoms with Crippen LogP contribution in [-0.4, -0.2) is 12.4 Å². The molecule has 1 N–H and O–H groups in total. The molecule has 0 radical (unpaired) electrons. The number of nitrogens with zero attached hydrogens (tertiary/aromatic N) is 2. The second-order valence-electron chi connectivity index (χ2n) is 5.31. The van der Waals surface area contributed by atoms with Crippen LogP contribution in [0, 0.1) is 0 Å². The van der Waals surface area contributed by atoms with Gasteiger partial charge in [0.25, 0.3) is 0 Å². The summed E-state index contributed by atoms with van der Waals surface area (Å²) >= 11 is 0. The highest BCUT2D eigenvalue weighted by atomic mass is 15.5. The monoisotopic (exact) mass is 279 g/mol. The number of rotatable bonds is 4. The molecule has 1 aliphatic heterocycles. The van der Waals surface area contributed by atoms with Crippen LogP contribution in [0.3, 0.4) is 0 Å². The summed E-state index contributed by atoms with van der Waals surface area (Å²) in [5.41, 5.74) is 2.39. The number of benzene rings is 2. The molecule has 1 saturated heterocycles. The van der Waals surface area contributed by atoms with E-state index in [9.17, 15) is 0 Å². The van der Waals surface area contributed by atoms with Gasteiger partial charge in [-0.25, -0.2) is 0 Å². The van der Waals surface area contributed by atoms with Gasteiger partial charge >= 0.3 is 0 Å². The molecule has 2 aromatic carbocycles. The molecule has 1 heterocycles. The van der Waals surface area contributed by atoms with E-state index in [-0.39, 0.29) is 0 Å². The minimum Gasteiger partial charge on any atom is -0.372 e.